The quantitative estimate of drug-likeness (QED) is 0.285. The number of nitrogen functional groups attached to an aromatic ring is 1. The van der Waals surface area contributed by atoms with Gasteiger partial charge in [-0.3, -0.25) is 13.8 Å². The third-order valence-electron chi connectivity index (χ3n) is 6.51. The van der Waals surface area contributed by atoms with Crippen LogP contribution in [0.2, 0.25) is 0 Å². The molecule has 11 heteroatoms. The van der Waals surface area contributed by atoms with E-state index in [9.17, 15) is 18.4 Å². The molecule has 2 aliphatic rings. The lowest BCUT2D eigenvalue weighted by atomic mass is 9.98. The van der Waals surface area contributed by atoms with E-state index in [0.29, 0.717) is 34.1 Å². The summed E-state index contributed by atoms with van der Waals surface area (Å²) in [5.74, 6) is 0.192. The van der Waals surface area contributed by atoms with Crippen molar-refractivity contribution in [1.29, 1.82) is 0 Å². The highest BCUT2D eigenvalue weighted by molar-refractivity contribution is 7.79. The molecule has 3 aromatic carbocycles. The second kappa shape index (κ2) is 10.7. The number of amides is 2. The number of rotatable bonds is 3. The van der Waals surface area contributed by atoms with E-state index in [1.165, 1.54) is 18.2 Å². The summed E-state index contributed by atoms with van der Waals surface area (Å²) in [4.78, 5) is 30.3. The third-order valence-corrected chi connectivity index (χ3v) is 7.27. The molecule has 0 radical (unpaired) electrons. The summed E-state index contributed by atoms with van der Waals surface area (Å²) in [7, 11) is 0. The highest BCUT2D eigenvalue weighted by atomic mass is 32.2. The number of carbonyl (C=O) groups is 2. The van der Waals surface area contributed by atoms with Crippen molar-refractivity contribution in [3.63, 3.8) is 0 Å². The average molecular weight is 545 g/mol. The van der Waals surface area contributed by atoms with Gasteiger partial charge in [0.15, 0.2) is 6.61 Å². The number of nitrogens with one attached hydrogen (secondary N) is 3. The standard InChI is InChI=1S/C28H27N5O5S/c1-15-9-18-10-16(2)26(15)38-14-24(34)32-20-4-6-23(39(36)37)19(12-20)13-31-28(35)25(18)33-21-3-5-22-17(11-21)7-8-30-27(22)29/h3-12,25,33H,13-14H2,1-2H3,(H2,29,30)(H,31,35)(H,32,34)(H,36,37)/p-1. The van der Waals surface area contributed by atoms with Crippen LogP contribution in [0.15, 0.2) is 65.7 Å². The second-order valence-electron chi connectivity index (χ2n) is 9.31. The third kappa shape index (κ3) is 5.54. The van der Waals surface area contributed by atoms with Gasteiger partial charge in [-0.25, -0.2) is 4.98 Å². The summed E-state index contributed by atoms with van der Waals surface area (Å²) in [6, 6.07) is 14.6. The number of pyridine rings is 1. The Hall–Kier alpha value is -4.48. The average Bonchev–Trinajstić information content (AvgIpc) is 2.89. The van der Waals surface area contributed by atoms with Crippen molar-refractivity contribution in [2.45, 2.75) is 31.3 Å². The Bertz CT molecular complexity index is 1620. The number of aryl methyl sites for hydroxylation is 2. The van der Waals surface area contributed by atoms with Crippen molar-refractivity contribution in [2.24, 2.45) is 0 Å². The molecule has 0 fully saturated rings. The van der Waals surface area contributed by atoms with Crippen LogP contribution in [0, 0.1) is 13.8 Å². The first kappa shape index (κ1) is 26.1. The van der Waals surface area contributed by atoms with Crippen LogP contribution in [0.1, 0.15) is 28.3 Å². The van der Waals surface area contributed by atoms with Gasteiger partial charge < -0.3 is 31.0 Å². The normalized spacial score (nSPS) is 16.4. The maximum Gasteiger partial charge on any atom is 0.262 e. The minimum absolute atomic E-state index is 0.0229. The van der Waals surface area contributed by atoms with Gasteiger partial charge >= 0.3 is 0 Å². The van der Waals surface area contributed by atoms with Gasteiger partial charge in [-0.15, -0.1) is 0 Å². The van der Waals surface area contributed by atoms with E-state index in [1.54, 1.807) is 6.20 Å². The number of hydrogen-bond acceptors (Lipinski definition) is 8. The Morgan fingerprint density at radius 1 is 1.08 bits per heavy atom. The maximum absolute atomic E-state index is 13.7. The molecule has 0 aliphatic carbocycles. The van der Waals surface area contributed by atoms with Crippen molar-refractivity contribution in [1.82, 2.24) is 10.3 Å². The molecular formula is C28H26N5O5S-. The Morgan fingerprint density at radius 3 is 2.59 bits per heavy atom. The highest BCUT2D eigenvalue weighted by Gasteiger charge is 2.24. The number of fused-ring (bicyclic) bond motifs is 9. The van der Waals surface area contributed by atoms with Crippen molar-refractivity contribution >= 4 is 50.9 Å². The first-order valence-corrected chi connectivity index (χ1v) is 13.2. The van der Waals surface area contributed by atoms with Crippen molar-refractivity contribution in [3.05, 3.63) is 83.0 Å². The first-order valence-electron chi connectivity index (χ1n) is 12.1. The van der Waals surface area contributed by atoms with Crippen molar-refractivity contribution < 1.29 is 23.1 Å². The van der Waals surface area contributed by atoms with Gasteiger partial charge in [0.25, 0.3) is 5.91 Å². The molecule has 0 saturated heterocycles. The van der Waals surface area contributed by atoms with Gasteiger partial charge in [-0.2, -0.15) is 0 Å². The Kier molecular flexibility index (Phi) is 7.18. The van der Waals surface area contributed by atoms with E-state index in [2.05, 4.69) is 20.9 Å². The zero-order valence-corrected chi connectivity index (χ0v) is 22.1. The number of carbonyl (C=O) groups excluding carboxylic acids is 2. The molecule has 3 heterocycles. The molecule has 0 saturated carbocycles. The molecule has 2 amide bonds. The van der Waals surface area contributed by atoms with Crippen LogP contribution in [0.3, 0.4) is 0 Å². The topological polar surface area (TPSA) is 158 Å². The minimum atomic E-state index is -2.54. The Labute approximate surface area is 227 Å². The number of hydrogen-bond donors (Lipinski definition) is 4. The number of nitrogens with two attached hydrogens (primary N) is 1. The zero-order valence-electron chi connectivity index (χ0n) is 21.2. The molecule has 1 aromatic heterocycles. The molecule has 39 heavy (non-hydrogen) atoms. The monoisotopic (exact) mass is 544 g/mol. The summed E-state index contributed by atoms with van der Waals surface area (Å²) in [5, 5.41) is 10.5. The lowest BCUT2D eigenvalue weighted by Gasteiger charge is -2.23. The van der Waals surface area contributed by atoms with E-state index in [-0.39, 0.29) is 24.0 Å². The van der Waals surface area contributed by atoms with Crippen LogP contribution in [-0.4, -0.2) is 32.2 Å². The Morgan fingerprint density at radius 2 is 1.85 bits per heavy atom. The molecule has 0 spiro atoms. The highest BCUT2D eigenvalue weighted by Crippen LogP contribution is 2.31. The molecular weight excluding hydrogens is 518 g/mol. The lowest BCUT2D eigenvalue weighted by Crippen LogP contribution is -2.33. The van der Waals surface area contributed by atoms with Crippen LogP contribution in [0.5, 0.6) is 5.75 Å². The summed E-state index contributed by atoms with van der Waals surface area (Å²) >= 11 is -2.54. The number of benzene rings is 3. The molecule has 4 bridgehead atoms. The van der Waals surface area contributed by atoms with Crippen LogP contribution < -0.4 is 26.4 Å². The van der Waals surface area contributed by atoms with Crippen LogP contribution in [0.25, 0.3) is 10.8 Å². The summed E-state index contributed by atoms with van der Waals surface area (Å²) in [6.07, 6.45) is 1.62. The fourth-order valence-electron chi connectivity index (χ4n) is 4.71. The smallest absolute Gasteiger partial charge is 0.262 e. The first-order chi connectivity index (χ1) is 18.7. The van der Waals surface area contributed by atoms with Gasteiger partial charge in [-0.1, -0.05) is 0 Å². The van der Waals surface area contributed by atoms with Gasteiger partial charge in [-0.05, 0) is 107 Å². The summed E-state index contributed by atoms with van der Waals surface area (Å²) in [5.41, 5.74) is 9.58. The number of ether oxygens (including phenoxy) is 1. The van der Waals surface area contributed by atoms with Crippen LogP contribution in [-0.2, 0) is 27.2 Å². The summed E-state index contributed by atoms with van der Waals surface area (Å²) in [6.45, 7) is 3.39. The van der Waals surface area contributed by atoms with Crippen molar-refractivity contribution in [2.75, 3.05) is 23.0 Å². The van der Waals surface area contributed by atoms with E-state index in [4.69, 9.17) is 10.5 Å². The second-order valence-corrected chi connectivity index (χ2v) is 10.2. The fourth-order valence-corrected chi connectivity index (χ4v) is 5.24. The molecule has 6 rings (SSSR count). The maximum atomic E-state index is 13.7. The van der Waals surface area contributed by atoms with Crippen LogP contribution >= 0.6 is 0 Å². The molecule has 2 unspecified atom stereocenters. The summed E-state index contributed by atoms with van der Waals surface area (Å²) < 4.78 is 29.5. The molecule has 4 aromatic rings. The lowest BCUT2D eigenvalue weighted by molar-refractivity contribution is -0.122. The SMILES string of the molecule is Cc1cc2cc(C)c1OCC(=O)Nc1ccc(S(=O)[O-])c(c1)CNC(=O)C2Nc1ccc2c(N)nccc2c1. The Balaban J connectivity index is 1.57. The predicted octanol–water partition coefficient (Wildman–Crippen LogP) is 3.47. The van der Waals surface area contributed by atoms with E-state index < -0.39 is 23.0 Å². The van der Waals surface area contributed by atoms with Gasteiger partial charge in [0.05, 0.1) is 0 Å². The van der Waals surface area contributed by atoms with Gasteiger partial charge in [0.2, 0.25) is 5.91 Å². The number of aromatic nitrogens is 1. The molecule has 5 N–H and O–H groups in total. The fraction of sp³-hybridized carbons (Fsp3) is 0.179. The zero-order chi connectivity index (χ0) is 27.7. The largest absolute Gasteiger partial charge is 0.768 e. The minimum Gasteiger partial charge on any atom is -0.768 e. The van der Waals surface area contributed by atoms with E-state index >= 15 is 0 Å². The van der Waals surface area contributed by atoms with Gasteiger partial charge in [0, 0.05) is 34.4 Å². The molecule has 2 aliphatic heterocycles. The molecule has 2 atom stereocenters. The van der Waals surface area contributed by atoms with Crippen LogP contribution in [0.4, 0.5) is 17.2 Å². The number of nitrogens with zero attached hydrogens (tertiary/aromatic N) is 1. The molecule has 10 nitrogen and oxygen atoms in total. The van der Waals surface area contributed by atoms with E-state index in [1.807, 2.05) is 50.2 Å². The van der Waals surface area contributed by atoms with Gasteiger partial charge in [0.1, 0.15) is 17.6 Å². The van der Waals surface area contributed by atoms with E-state index in [0.717, 1.165) is 21.9 Å². The number of anilines is 3. The predicted molar refractivity (Wildman–Crippen MR) is 148 cm³/mol. The molecule has 200 valence electrons. The van der Waals surface area contributed by atoms with Crippen molar-refractivity contribution in [3.8, 4) is 5.75 Å².